The smallest absolute Gasteiger partial charge is 0.441 e. The zero-order valence-corrected chi connectivity index (χ0v) is 13.7. The fourth-order valence-corrected chi connectivity index (χ4v) is 2.41. The minimum Gasteiger partial charge on any atom is -0.497 e. The van der Waals surface area contributed by atoms with Crippen molar-refractivity contribution in [3.8, 4) is 5.75 Å². The van der Waals surface area contributed by atoms with E-state index in [4.69, 9.17) is 13.7 Å². The summed E-state index contributed by atoms with van der Waals surface area (Å²) in [6.07, 6.45) is 1.75. The number of carbonyl (C=O) groups is 1. The number of furan rings is 1. The molecule has 0 radical (unpaired) electrons. The van der Waals surface area contributed by atoms with E-state index in [0.717, 1.165) is 11.3 Å². The van der Waals surface area contributed by atoms with Crippen molar-refractivity contribution >= 4 is 5.97 Å². The van der Waals surface area contributed by atoms with Gasteiger partial charge in [0, 0.05) is 12.0 Å². The third kappa shape index (κ3) is 3.47. The van der Waals surface area contributed by atoms with Crippen LogP contribution in [0.4, 0.5) is 0 Å². The molecule has 8 heteroatoms. The summed E-state index contributed by atoms with van der Waals surface area (Å²) in [6, 6.07) is 9.00. The lowest BCUT2D eigenvalue weighted by atomic mass is 10.1. The second-order valence-corrected chi connectivity index (χ2v) is 5.24. The van der Waals surface area contributed by atoms with Crippen LogP contribution in [-0.2, 0) is 17.7 Å². The van der Waals surface area contributed by atoms with E-state index in [1.165, 1.54) is 17.9 Å². The molecule has 0 fully saturated rings. The number of nitrogens with zero attached hydrogens (tertiary/aromatic N) is 2. The van der Waals surface area contributed by atoms with E-state index in [9.17, 15) is 9.59 Å². The van der Waals surface area contributed by atoms with Gasteiger partial charge in [-0.05, 0) is 23.8 Å². The molecule has 0 saturated carbocycles. The Morgan fingerprint density at radius 2 is 1.96 bits per heavy atom. The summed E-state index contributed by atoms with van der Waals surface area (Å²) in [7, 11) is 2.85. The van der Waals surface area contributed by atoms with Crippen LogP contribution in [0.1, 0.15) is 27.5 Å². The summed E-state index contributed by atoms with van der Waals surface area (Å²) in [6.45, 7) is 0.0920. The van der Waals surface area contributed by atoms with Crippen LogP contribution in [-0.4, -0.2) is 29.9 Å². The molecule has 0 bridgehead atoms. The fraction of sp³-hybridized carbons (Fsp3) is 0.235. The molecule has 2 heterocycles. The van der Waals surface area contributed by atoms with Crippen molar-refractivity contribution in [1.82, 2.24) is 9.72 Å². The Morgan fingerprint density at radius 1 is 1.20 bits per heavy atom. The number of carbonyl (C=O) groups excluding carboxylic acids is 1. The van der Waals surface area contributed by atoms with Crippen LogP contribution in [0.15, 0.2) is 50.3 Å². The summed E-state index contributed by atoms with van der Waals surface area (Å²) >= 11 is 0. The topological polar surface area (TPSA) is 96.7 Å². The van der Waals surface area contributed by atoms with Crippen LogP contribution in [0, 0.1) is 0 Å². The average molecular weight is 344 g/mol. The standard InChI is InChI=1S/C17H16N2O6/c1-22-13-5-3-11(4-6-13)9-14-18-25-17(21)19(14)10-12-7-8-24-15(12)16(20)23-2/h3-8H,9-10H2,1-2H3. The van der Waals surface area contributed by atoms with Crippen molar-refractivity contribution in [3.63, 3.8) is 0 Å². The van der Waals surface area contributed by atoms with Gasteiger partial charge in [-0.3, -0.25) is 9.09 Å². The first-order valence-corrected chi connectivity index (χ1v) is 7.45. The molecule has 1 aromatic carbocycles. The van der Waals surface area contributed by atoms with Crippen molar-refractivity contribution < 1.29 is 23.2 Å². The van der Waals surface area contributed by atoms with Gasteiger partial charge in [-0.25, -0.2) is 9.59 Å². The summed E-state index contributed by atoms with van der Waals surface area (Å²) in [5, 5.41) is 3.83. The zero-order chi connectivity index (χ0) is 17.8. The predicted octanol–water partition coefficient (Wildman–Crippen LogP) is 1.86. The number of benzene rings is 1. The second-order valence-electron chi connectivity index (χ2n) is 5.24. The van der Waals surface area contributed by atoms with Gasteiger partial charge in [-0.1, -0.05) is 17.3 Å². The Morgan fingerprint density at radius 3 is 2.64 bits per heavy atom. The van der Waals surface area contributed by atoms with E-state index in [1.54, 1.807) is 13.2 Å². The molecule has 0 aliphatic heterocycles. The molecule has 3 aromatic rings. The van der Waals surface area contributed by atoms with Crippen LogP contribution in [0.5, 0.6) is 5.75 Å². The van der Waals surface area contributed by atoms with Crippen molar-refractivity contribution in [2.45, 2.75) is 13.0 Å². The number of rotatable bonds is 6. The van der Waals surface area contributed by atoms with Crippen LogP contribution in [0.25, 0.3) is 0 Å². The molecule has 0 spiro atoms. The molecule has 0 aliphatic carbocycles. The largest absolute Gasteiger partial charge is 0.497 e. The second kappa shape index (κ2) is 7.08. The van der Waals surface area contributed by atoms with E-state index in [0.29, 0.717) is 17.8 Å². The Kier molecular flexibility index (Phi) is 4.69. The van der Waals surface area contributed by atoms with Gasteiger partial charge in [0.2, 0.25) is 5.76 Å². The van der Waals surface area contributed by atoms with Gasteiger partial charge in [-0.15, -0.1) is 0 Å². The number of hydrogen-bond donors (Lipinski definition) is 0. The van der Waals surface area contributed by atoms with Gasteiger partial charge < -0.3 is 13.9 Å². The van der Waals surface area contributed by atoms with Crippen molar-refractivity contribution in [2.24, 2.45) is 0 Å². The SMILES string of the molecule is COC(=O)c1occc1Cn1c(Cc2ccc(OC)cc2)noc1=O. The van der Waals surface area contributed by atoms with Gasteiger partial charge in [0.1, 0.15) is 5.75 Å². The molecule has 0 atom stereocenters. The van der Waals surface area contributed by atoms with Crippen molar-refractivity contribution in [3.05, 3.63) is 69.9 Å². The Labute approximate surface area is 142 Å². The molecule has 0 N–H and O–H groups in total. The molecular weight excluding hydrogens is 328 g/mol. The zero-order valence-electron chi connectivity index (χ0n) is 13.7. The highest BCUT2D eigenvalue weighted by Gasteiger charge is 2.19. The molecule has 130 valence electrons. The lowest BCUT2D eigenvalue weighted by molar-refractivity contribution is 0.0563. The third-order valence-corrected chi connectivity index (χ3v) is 3.73. The monoisotopic (exact) mass is 344 g/mol. The maximum absolute atomic E-state index is 12.0. The number of aromatic nitrogens is 2. The first-order chi connectivity index (χ1) is 12.1. The average Bonchev–Trinajstić information content (AvgIpc) is 3.24. The fourth-order valence-electron chi connectivity index (χ4n) is 2.41. The van der Waals surface area contributed by atoms with Gasteiger partial charge in [0.05, 0.1) is 27.0 Å². The molecule has 8 nitrogen and oxygen atoms in total. The highest BCUT2D eigenvalue weighted by molar-refractivity contribution is 5.87. The summed E-state index contributed by atoms with van der Waals surface area (Å²) in [5.41, 5.74) is 1.44. The number of esters is 1. The van der Waals surface area contributed by atoms with E-state index < -0.39 is 11.7 Å². The Hall–Kier alpha value is -3.29. The maximum Gasteiger partial charge on any atom is 0.441 e. The van der Waals surface area contributed by atoms with Crippen LogP contribution in [0.3, 0.4) is 0 Å². The van der Waals surface area contributed by atoms with E-state index in [1.807, 2.05) is 24.3 Å². The summed E-state index contributed by atoms with van der Waals surface area (Å²) < 4.78 is 21.0. The third-order valence-electron chi connectivity index (χ3n) is 3.73. The molecule has 0 unspecified atom stereocenters. The van der Waals surface area contributed by atoms with E-state index in [2.05, 4.69) is 9.89 Å². The van der Waals surface area contributed by atoms with E-state index >= 15 is 0 Å². The van der Waals surface area contributed by atoms with Crippen molar-refractivity contribution in [2.75, 3.05) is 14.2 Å². The minimum absolute atomic E-state index is 0.0472. The minimum atomic E-state index is -0.611. The molecule has 0 amide bonds. The summed E-state index contributed by atoms with van der Waals surface area (Å²) in [5.74, 6) is 0.00215. The first kappa shape index (κ1) is 16.6. The number of ether oxygens (including phenoxy) is 2. The quantitative estimate of drug-likeness (QED) is 0.630. The van der Waals surface area contributed by atoms with E-state index in [-0.39, 0.29) is 12.3 Å². The molecule has 0 aliphatic rings. The maximum atomic E-state index is 12.0. The molecule has 2 aromatic heterocycles. The Balaban J connectivity index is 1.86. The molecular formula is C17H16N2O6. The summed E-state index contributed by atoms with van der Waals surface area (Å²) in [4.78, 5) is 23.7. The van der Waals surface area contributed by atoms with Gasteiger partial charge >= 0.3 is 11.7 Å². The number of methoxy groups -OCH3 is 2. The highest BCUT2D eigenvalue weighted by Crippen LogP contribution is 2.16. The van der Waals surface area contributed by atoms with Gasteiger partial charge in [-0.2, -0.15) is 0 Å². The lowest BCUT2D eigenvalue weighted by Crippen LogP contribution is -2.19. The van der Waals surface area contributed by atoms with Crippen LogP contribution < -0.4 is 10.5 Å². The highest BCUT2D eigenvalue weighted by atomic mass is 16.5. The number of hydrogen-bond acceptors (Lipinski definition) is 7. The molecule has 3 rings (SSSR count). The Bertz CT molecular complexity index is 919. The molecule has 25 heavy (non-hydrogen) atoms. The predicted molar refractivity (Wildman–Crippen MR) is 85.7 cm³/mol. The normalized spacial score (nSPS) is 10.6. The van der Waals surface area contributed by atoms with Crippen molar-refractivity contribution in [1.29, 1.82) is 0 Å². The first-order valence-electron chi connectivity index (χ1n) is 7.45. The lowest BCUT2D eigenvalue weighted by Gasteiger charge is -2.06. The molecule has 0 saturated heterocycles. The van der Waals surface area contributed by atoms with Crippen LogP contribution >= 0.6 is 0 Å². The van der Waals surface area contributed by atoms with Gasteiger partial charge in [0.25, 0.3) is 0 Å². The van der Waals surface area contributed by atoms with Crippen LogP contribution in [0.2, 0.25) is 0 Å². The van der Waals surface area contributed by atoms with Gasteiger partial charge in [0.15, 0.2) is 5.82 Å².